The summed E-state index contributed by atoms with van der Waals surface area (Å²) >= 11 is 0. The van der Waals surface area contributed by atoms with Crippen LogP contribution in [0.5, 0.6) is 11.5 Å². The molecule has 0 saturated heterocycles. The van der Waals surface area contributed by atoms with Crippen LogP contribution < -0.4 is 10.1 Å². The zero-order valence-corrected chi connectivity index (χ0v) is 13.9. The van der Waals surface area contributed by atoms with E-state index >= 15 is 0 Å². The average Bonchev–Trinajstić information content (AvgIpc) is 2.68. The van der Waals surface area contributed by atoms with Crippen LogP contribution in [0, 0.1) is 17.7 Å². The Kier molecular flexibility index (Phi) is 5.64. The first kappa shape index (κ1) is 17.2. The van der Waals surface area contributed by atoms with E-state index in [-0.39, 0.29) is 18.3 Å². The molecule has 0 aliphatic rings. The molecule has 4 heteroatoms. The van der Waals surface area contributed by atoms with Crippen molar-refractivity contribution in [2.75, 3.05) is 6.54 Å². The zero-order chi connectivity index (χ0) is 18.2. The van der Waals surface area contributed by atoms with Gasteiger partial charge in [-0.3, -0.25) is 4.79 Å². The number of nitrogens with one attached hydrogen (secondary N) is 1. The van der Waals surface area contributed by atoms with E-state index < -0.39 is 0 Å². The first-order valence-electron chi connectivity index (χ1n) is 8.06. The van der Waals surface area contributed by atoms with E-state index in [0.29, 0.717) is 16.9 Å². The van der Waals surface area contributed by atoms with E-state index in [0.717, 1.165) is 5.75 Å². The molecule has 0 radical (unpaired) electrons. The third-order valence-corrected chi connectivity index (χ3v) is 3.51. The van der Waals surface area contributed by atoms with Crippen LogP contribution >= 0.6 is 0 Å². The van der Waals surface area contributed by atoms with Crippen molar-refractivity contribution in [3.8, 4) is 23.3 Å². The molecule has 0 fully saturated rings. The molecule has 0 aromatic heterocycles. The second kappa shape index (κ2) is 8.50. The quantitative estimate of drug-likeness (QED) is 0.712. The Morgan fingerprint density at radius 1 is 0.885 bits per heavy atom. The highest BCUT2D eigenvalue weighted by Gasteiger charge is 2.04. The Bertz CT molecular complexity index is 924. The molecule has 0 bridgehead atoms. The molecule has 0 spiro atoms. The van der Waals surface area contributed by atoms with Gasteiger partial charge in [-0.05, 0) is 60.7 Å². The normalized spacial score (nSPS) is 9.73. The lowest BCUT2D eigenvalue weighted by Gasteiger charge is -2.06. The highest BCUT2D eigenvalue weighted by atomic mass is 19.1. The molecule has 3 rings (SSSR count). The minimum Gasteiger partial charge on any atom is -0.457 e. The van der Waals surface area contributed by atoms with E-state index in [1.165, 1.54) is 12.1 Å². The second-order valence-electron chi connectivity index (χ2n) is 5.43. The van der Waals surface area contributed by atoms with E-state index in [9.17, 15) is 9.18 Å². The first-order chi connectivity index (χ1) is 12.7. The van der Waals surface area contributed by atoms with Gasteiger partial charge in [-0.15, -0.1) is 0 Å². The summed E-state index contributed by atoms with van der Waals surface area (Å²) in [7, 11) is 0. The van der Waals surface area contributed by atoms with Crippen molar-refractivity contribution in [2.45, 2.75) is 0 Å². The maximum absolute atomic E-state index is 12.8. The molecule has 3 nitrogen and oxygen atoms in total. The minimum absolute atomic E-state index is 0.207. The molecule has 26 heavy (non-hydrogen) atoms. The third-order valence-electron chi connectivity index (χ3n) is 3.51. The number of halogens is 1. The summed E-state index contributed by atoms with van der Waals surface area (Å²) in [5, 5.41) is 2.72. The van der Waals surface area contributed by atoms with Gasteiger partial charge >= 0.3 is 0 Å². The Labute approximate surface area is 151 Å². The van der Waals surface area contributed by atoms with E-state index in [4.69, 9.17) is 4.74 Å². The highest BCUT2D eigenvalue weighted by Crippen LogP contribution is 2.21. The van der Waals surface area contributed by atoms with Gasteiger partial charge in [0, 0.05) is 11.1 Å². The van der Waals surface area contributed by atoms with E-state index in [2.05, 4.69) is 17.2 Å². The van der Waals surface area contributed by atoms with Gasteiger partial charge in [-0.25, -0.2) is 4.39 Å². The van der Waals surface area contributed by atoms with Crippen LogP contribution in [0.2, 0.25) is 0 Å². The summed E-state index contributed by atoms with van der Waals surface area (Å²) in [6.45, 7) is 0.207. The molecule has 0 heterocycles. The number of amides is 1. The van der Waals surface area contributed by atoms with Crippen molar-refractivity contribution in [2.24, 2.45) is 0 Å². The molecule has 128 valence electrons. The standard InChI is InChI=1S/C22H16FNO2/c23-19-12-8-17(9-13-19)5-4-16-24-22(25)18-10-14-21(15-11-18)26-20-6-2-1-3-7-20/h1-3,6-15H,16H2,(H,24,25). The molecule has 1 N–H and O–H groups in total. The van der Waals surface area contributed by atoms with Crippen molar-refractivity contribution in [3.05, 3.63) is 95.8 Å². The van der Waals surface area contributed by atoms with Crippen LogP contribution in [0.3, 0.4) is 0 Å². The Morgan fingerprint density at radius 2 is 1.54 bits per heavy atom. The molecule has 1 amide bonds. The largest absolute Gasteiger partial charge is 0.457 e. The van der Waals surface area contributed by atoms with E-state index in [1.807, 2.05) is 30.3 Å². The van der Waals surface area contributed by atoms with Crippen LogP contribution in [-0.4, -0.2) is 12.5 Å². The van der Waals surface area contributed by atoms with Gasteiger partial charge < -0.3 is 10.1 Å². The fourth-order valence-electron chi connectivity index (χ4n) is 2.20. The maximum Gasteiger partial charge on any atom is 0.252 e. The SMILES string of the molecule is O=C(NCC#Cc1ccc(F)cc1)c1ccc(Oc2ccccc2)cc1. The number of carbonyl (C=O) groups excluding carboxylic acids is 1. The first-order valence-corrected chi connectivity index (χ1v) is 8.06. The lowest BCUT2D eigenvalue weighted by atomic mass is 10.2. The lowest BCUT2D eigenvalue weighted by Crippen LogP contribution is -2.23. The summed E-state index contributed by atoms with van der Waals surface area (Å²) in [4.78, 5) is 12.1. The summed E-state index contributed by atoms with van der Waals surface area (Å²) in [6, 6.07) is 22.2. The number of ether oxygens (including phenoxy) is 1. The summed E-state index contributed by atoms with van der Waals surface area (Å²) in [5.74, 6) is 6.57. The average molecular weight is 345 g/mol. The van der Waals surface area contributed by atoms with Crippen molar-refractivity contribution in [3.63, 3.8) is 0 Å². The van der Waals surface area contributed by atoms with Crippen molar-refractivity contribution in [1.29, 1.82) is 0 Å². The number of para-hydroxylation sites is 1. The number of hydrogen-bond donors (Lipinski definition) is 1. The third kappa shape index (κ3) is 4.96. The van der Waals surface area contributed by atoms with Crippen molar-refractivity contribution >= 4 is 5.91 Å². The second-order valence-corrected chi connectivity index (χ2v) is 5.43. The lowest BCUT2D eigenvalue weighted by molar-refractivity contribution is 0.0958. The van der Waals surface area contributed by atoms with Gasteiger partial charge in [-0.1, -0.05) is 30.0 Å². The Morgan fingerprint density at radius 3 is 2.23 bits per heavy atom. The summed E-state index contributed by atoms with van der Waals surface area (Å²) in [6.07, 6.45) is 0. The number of rotatable bonds is 4. The van der Waals surface area contributed by atoms with Crippen LogP contribution in [0.25, 0.3) is 0 Å². The molecular weight excluding hydrogens is 329 g/mol. The summed E-state index contributed by atoms with van der Waals surface area (Å²) in [5.41, 5.74) is 1.22. The van der Waals surface area contributed by atoms with Gasteiger partial charge in [-0.2, -0.15) is 0 Å². The van der Waals surface area contributed by atoms with Gasteiger partial charge in [0.05, 0.1) is 6.54 Å². The minimum atomic E-state index is -0.302. The van der Waals surface area contributed by atoms with Crippen LogP contribution in [0.15, 0.2) is 78.9 Å². The number of benzene rings is 3. The van der Waals surface area contributed by atoms with Gasteiger partial charge in [0.1, 0.15) is 17.3 Å². The molecule has 0 atom stereocenters. The van der Waals surface area contributed by atoms with Gasteiger partial charge in [0.2, 0.25) is 0 Å². The molecule has 0 aliphatic heterocycles. The fraction of sp³-hybridized carbons (Fsp3) is 0.0455. The molecule has 3 aromatic rings. The summed E-state index contributed by atoms with van der Waals surface area (Å²) < 4.78 is 18.5. The molecular formula is C22H16FNO2. The Hall–Kier alpha value is -3.58. The van der Waals surface area contributed by atoms with Gasteiger partial charge in [0.15, 0.2) is 0 Å². The monoisotopic (exact) mass is 345 g/mol. The molecule has 3 aromatic carbocycles. The fourth-order valence-corrected chi connectivity index (χ4v) is 2.20. The van der Waals surface area contributed by atoms with Gasteiger partial charge in [0.25, 0.3) is 5.91 Å². The van der Waals surface area contributed by atoms with Crippen LogP contribution in [0.4, 0.5) is 4.39 Å². The highest BCUT2D eigenvalue weighted by molar-refractivity contribution is 5.94. The van der Waals surface area contributed by atoms with Crippen LogP contribution in [0.1, 0.15) is 15.9 Å². The predicted molar refractivity (Wildman–Crippen MR) is 98.6 cm³/mol. The molecule has 0 unspecified atom stereocenters. The molecule has 0 aliphatic carbocycles. The smallest absolute Gasteiger partial charge is 0.252 e. The zero-order valence-electron chi connectivity index (χ0n) is 13.9. The molecule has 0 saturated carbocycles. The van der Waals surface area contributed by atoms with Crippen LogP contribution in [-0.2, 0) is 0 Å². The maximum atomic E-state index is 12.8. The number of hydrogen-bond acceptors (Lipinski definition) is 2. The number of carbonyl (C=O) groups is 1. The van der Waals surface area contributed by atoms with E-state index in [1.54, 1.807) is 36.4 Å². The van der Waals surface area contributed by atoms with Crippen molar-refractivity contribution < 1.29 is 13.9 Å². The topological polar surface area (TPSA) is 38.3 Å². The Balaban J connectivity index is 1.53. The van der Waals surface area contributed by atoms with Crippen molar-refractivity contribution in [1.82, 2.24) is 5.32 Å². The predicted octanol–water partition coefficient (Wildman–Crippen LogP) is 4.40.